The molecule has 0 radical (unpaired) electrons. The van der Waals surface area contributed by atoms with E-state index in [9.17, 15) is 10.1 Å². The number of rotatable bonds is 5. The monoisotopic (exact) mass is 313 g/mol. The first-order valence-electron chi connectivity index (χ1n) is 6.99. The third-order valence-electron chi connectivity index (χ3n) is 3.53. The van der Waals surface area contributed by atoms with Gasteiger partial charge in [0.1, 0.15) is 5.02 Å². The van der Waals surface area contributed by atoms with E-state index in [1.54, 1.807) is 6.07 Å². The Kier molecular flexibility index (Phi) is 5.39. The van der Waals surface area contributed by atoms with Crippen molar-refractivity contribution in [2.24, 2.45) is 0 Å². The zero-order chi connectivity index (χ0) is 15.4. The van der Waals surface area contributed by atoms with E-state index in [0.29, 0.717) is 12.6 Å². The van der Waals surface area contributed by atoms with E-state index >= 15 is 0 Å². The lowest BCUT2D eigenvalue weighted by molar-refractivity contribution is -0.384. The topological polar surface area (TPSA) is 76.4 Å². The van der Waals surface area contributed by atoms with E-state index in [1.165, 1.54) is 6.07 Å². The number of ether oxygens (including phenoxy) is 1. The number of nitrogens with zero attached hydrogens (tertiary/aromatic N) is 1. The van der Waals surface area contributed by atoms with Crippen LogP contribution in [0.25, 0.3) is 0 Å². The average molecular weight is 314 g/mol. The van der Waals surface area contributed by atoms with Gasteiger partial charge in [-0.15, -0.1) is 0 Å². The zero-order valence-corrected chi connectivity index (χ0v) is 12.9. The van der Waals surface area contributed by atoms with Gasteiger partial charge in [-0.25, -0.2) is 0 Å². The van der Waals surface area contributed by atoms with Gasteiger partial charge < -0.3 is 15.4 Å². The van der Waals surface area contributed by atoms with Crippen molar-refractivity contribution in [2.75, 3.05) is 25.1 Å². The second kappa shape index (κ2) is 7.06. The van der Waals surface area contributed by atoms with Gasteiger partial charge in [-0.3, -0.25) is 10.1 Å². The molecular formula is C14H20ClN3O3. The van der Waals surface area contributed by atoms with Gasteiger partial charge in [-0.1, -0.05) is 11.6 Å². The molecule has 0 bridgehead atoms. The summed E-state index contributed by atoms with van der Waals surface area (Å²) in [5.74, 6) is 0. The average Bonchev–Trinajstić information content (AvgIpc) is 2.43. The smallest absolute Gasteiger partial charge is 0.288 e. The molecule has 0 aromatic heterocycles. The van der Waals surface area contributed by atoms with E-state index in [0.717, 1.165) is 30.8 Å². The molecule has 0 aliphatic carbocycles. The van der Waals surface area contributed by atoms with Crippen molar-refractivity contribution in [2.45, 2.75) is 32.4 Å². The highest BCUT2D eigenvalue weighted by Gasteiger charge is 2.19. The van der Waals surface area contributed by atoms with Crippen molar-refractivity contribution < 1.29 is 9.66 Å². The third kappa shape index (κ3) is 4.30. The summed E-state index contributed by atoms with van der Waals surface area (Å²) in [7, 11) is 0. The summed E-state index contributed by atoms with van der Waals surface area (Å²) in [5, 5.41) is 17.8. The van der Waals surface area contributed by atoms with Gasteiger partial charge in [-0.05, 0) is 31.9 Å². The molecule has 1 aliphatic heterocycles. The van der Waals surface area contributed by atoms with Crippen LogP contribution >= 0.6 is 11.6 Å². The highest BCUT2D eigenvalue weighted by molar-refractivity contribution is 6.33. The predicted molar refractivity (Wildman–Crippen MR) is 83.2 cm³/mol. The molecule has 2 atom stereocenters. The minimum atomic E-state index is -0.466. The molecule has 1 aromatic rings. The first kappa shape index (κ1) is 16.0. The van der Waals surface area contributed by atoms with E-state index in [-0.39, 0.29) is 16.8 Å². The lowest BCUT2D eigenvalue weighted by Gasteiger charge is -2.27. The van der Waals surface area contributed by atoms with Crippen LogP contribution in [0.3, 0.4) is 0 Å². The molecule has 0 spiro atoms. The lowest BCUT2D eigenvalue weighted by atomic mass is 10.1. The number of benzene rings is 1. The van der Waals surface area contributed by atoms with Crippen LogP contribution in [0.5, 0.6) is 0 Å². The fraction of sp³-hybridized carbons (Fsp3) is 0.571. The molecule has 0 amide bonds. The van der Waals surface area contributed by atoms with Crippen molar-refractivity contribution in [3.63, 3.8) is 0 Å². The van der Waals surface area contributed by atoms with Crippen LogP contribution in [-0.4, -0.2) is 36.8 Å². The van der Waals surface area contributed by atoms with E-state index in [4.69, 9.17) is 16.3 Å². The summed E-state index contributed by atoms with van der Waals surface area (Å²) in [6.07, 6.45) is 0.911. The number of nitro groups is 1. The van der Waals surface area contributed by atoms with Gasteiger partial charge in [0.15, 0.2) is 0 Å². The molecule has 1 fully saturated rings. The molecule has 6 nitrogen and oxygen atoms in total. The minimum Gasteiger partial charge on any atom is -0.382 e. The fourth-order valence-corrected chi connectivity index (χ4v) is 2.72. The molecule has 21 heavy (non-hydrogen) atoms. The summed E-state index contributed by atoms with van der Waals surface area (Å²) in [6, 6.07) is 3.66. The van der Waals surface area contributed by atoms with Crippen LogP contribution in [0, 0.1) is 17.0 Å². The molecule has 1 aliphatic rings. The molecule has 0 saturated carbocycles. The van der Waals surface area contributed by atoms with Crippen LogP contribution in [0.2, 0.25) is 5.02 Å². The van der Waals surface area contributed by atoms with E-state index in [2.05, 4.69) is 17.6 Å². The van der Waals surface area contributed by atoms with Crippen LogP contribution in [0.4, 0.5) is 11.4 Å². The van der Waals surface area contributed by atoms with Crippen molar-refractivity contribution in [1.82, 2.24) is 5.32 Å². The van der Waals surface area contributed by atoms with Crippen molar-refractivity contribution in [1.29, 1.82) is 0 Å². The van der Waals surface area contributed by atoms with E-state index in [1.807, 2.05) is 6.92 Å². The summed E-state index contributed by atoms with van der Waals surface area (Å²) < 4.78 is 5.43. The second-order valence-corrected chi connectivity index (χ2v) is 5.79. The summed E-state index contributed by atoms with van der Waals surface area (Å²) in [4.78, 5) is 10.4. The largest absolute Gasteiger partial charge is 0.382 e. The third-order valence-corrected chi connectivity index (χ3v) is 3.83. The van der Waals surface area contributed by atoms with Gasteiger partial charge in [0.05, 0.1) is 18.1 Å². The fourth-order valence-electron chi connectivity index (χ4n) is 2.48. The Hall–Kier alpha value is -1.37. The maximum atomic E-state index is 10.8. The molecule has 1 saturated heterocycles. The Balaban J connectivity index is 2.01. The van der Waals surface area contributed by atoms with Gasteiger partial charge in [0.2, 0.25) is 0 Å². The number of hydrogen-bond donors (Lipinski definition) is 2. The maximum Gasteiger partial charge on any atom is 0.288 e. The normalized spacial score (nSPS) is 20.0. The SMILES string of the molecule is Cc1cc([N+](=O)[O-])c(Cl)cc1NC(C)CC1COCCN1. The van der Waals surface area contributed by atoms with Crippen LogP contribution in [0.1, 0.15) is 18.9 Å². The van der Waals surface area contributed by atoms with Gasteiger partial charge >= 0.3 is 0 Å². The van der Waals surface area contributed by atoms with Crippen molar-refractivity contribution >= 4 is 23.0 Å². The summed E-state index contributed by atoms with van der Waals surface area (Å²) in [6.45, 7) is 6.26. The second-order valence-electron chi connectivity index (χ2n) is 5.38. The van der Waals surface area contributed by atoms with Crippen LogP contribution in [-0.2, 0) is 4.74 Å². The van der Waals surface area contributed by atoms with Crippen LogP contribution in [0.15, 0.2) is 12.1 Å². The highest BCUT2D eigenvalue weighted by Crippen LogP contribution is 2.31. The lowest BCUT2D eigenvalue weighted by Crippen LogP contribution is -2.43. The summed E-state index contributed by atoms with van der Waals surface area (Å²) >= 11 is 5.96. The minimum absolute atomic E-state index is 0.0604. The quantitative estimate of drug-likeness (QED) is 0.645. The molecule has 2 N–H and O–H groups in total. The van der Waals surface area contributed by atoms with Gasteiger partial charge in [-0.2, -0.15) is 0 Å². The number of anilines is 1. The number of nitrogens with one attached hydrogen (secondary N) is 2. The number of morpholine rings is 1. The first-order valence-corrected chi connectivity index (χ1v) is 7.37. The summed E-state index contributed by atoms with van der Waals surface area (Å²) in [5.41, 5.74) is 1.58. The van der Waals surface area contributed by atoms with Gasteiger partial charge in [0.25, 0.3) is 5.69 Å². The molecule has 7 heteroatoms. The van der Waals surface area contributed by atoms with Gasteiger partial charge in [0, 0.05) is 30.4 Å². The highest BCUT2D eigenvalue weighted by atomic mass is 35.5. The molecule has 1 aromatic carbocycles. The Labute approximate surface area is 129 Å². The predicted octanol–water partition coefficient (Wildman–Crippen LogP) is 2.74. The number of aryl methyl sites for hydroxylation is 1. The standard InChI is InChI=1S/C14H20ClN3O3/c1-9-5-14(18(19)20)12(15)7-13(9)17-10(2)6-11-8-21-4-3-16-11/h5,7,10-11,16-17H,3-4,6,8H2,1-2H3. The Morgan fingerprint density at radius 2 is 2.38 bits per heavy atom. The number of hydrogen-bond acceptors (Lipinski definition) is 5. The van der Waals surface area contributed by atoms with Crippen LogP contribution < -0.4 is 10.6 Å². The van der Waals surface area contributed by atoms with E-state index < -0.39 is 4.92 Å². The Bertz CT molecular complexity index is 518. The molecule has 116 valence electrons. The maximum absolute atomic E-state index is 10.8. The molecule has 2 unspecified atom stereocenters. The molecule has 1 heterocycles. The molecular weight excluding hydrogens is 294 g/mol. The Morgan fingerprint density at radius 3 is 3.00 bits per heavy atom. The van der Waals surface area contributed by atoms with Crippen molar-refractivity contribution in [3.8, 4) is 0 Å². The number of nitro benzene ring substituents is 1. The van der Waals surface area contributed by atoms with Crippen molar-refractivity contribution in [3.05, 3.63) is 32.8 Å². The molecule has 2 rings (SSSR count). The number of halogens is 1. The Morgan fingerprint density at radius 1 is 1.62 bits per heavy atom. The first-order chi connectivity index (χ1) is 9.97. The zero-order valence-electron chi connectivity index (χ0n) is 12.2.